The average molecular weight is 262 g/mol. The first kappa shape index (κ1) is 13.4. The Morgan fingerprint density at radius 2 is 2.00 bits per heavy atom. The van der Waals surface area contributed by atoms with Crippen LogP contribution in [0.25, 0.3) is 0 Å². The minimum atomic E-state index is 0.698. The van der Waals surface area contributed by atoms with Gasteiger partial charge < -0.3 is 4.18 Å². The van der Waals surface area contributed by atoms with Gasteiger partial charge in [0.1, 0.15) is 18.0 Å². The van der Waals surface area contributed by atoms with E-state index in [0.717, 1.165) is 30.1 Å². The maximum absolute atomic E-state index is 5.41. The summed E-state index contributed by atoms with van der Waals surface area (Å²) in [6.45, 7) is 0. The predicted molar refractivity (Wildman–Crippen MR) is 67.9 cm³/mol. The predicted octanol–water partition coefficient (Wildman–Crippen LogP) is 1.32. The largest absolute Gasteiger partial charge is 0.409 e. The van der Waals surface area contributed by atoms with Gasteiger partial charge in [0.2, 0.25) is 0 Å². The Labute approximate surface area is 103 Å². The van der Waals surface area contributed by atoms with E-state index < -0.39 is 0 Å². The quantitative estimate of drug-likeness (QED) is 0.344. The number of anilines is 1. The van der Waals surface area contributed by atoms with Crippen LogP contribution in [-0.4, -0.2) is 18.5 Å². The van der Waals surface area contributed by atoms with Gasteiger partial charge in [0.15, 0.2) is 12.2 Å². The first-order valence-electron chi connectivity index (χ1n) is 4.34. The Morgan fingerprint density at radius 3 is 2.62 bits per heavy atom. The van der Waals surface area contributed by atoms with Crippen LogP contribution in [0.3, 0.4) is 0 Å². The topological polar surface area (TPSA) is 77.0 Å². The molecule has 0 heterocycles. The second-order valence-corrected chi connectivity index (χ2v) is 4.65. The third-order valence-electron chi connectivity index (χ3n) is 1.59. The molecule has 0 bridgehead atoms. The number of hydrogen-bond acceptors (Lipinski definition) is 8. The Hall–Kier alpha value is -0.640. The van der Waals surface area contributed by atoms with E-state index in [1.165, 1.54) is 4.41 Å². The third kappa shape index (κ3) is 4.47. The van der Waals surface area contributed by atoms with Gasteiger partial charge in [-0.15, -0.1) is 0 Å². The van der Waals surface area contributed by atoms with Gasteiger partial charge >= 0.3 is 0 Å². The van der Waals surface area contributed by atoms with Crippen LogP contribution in [0.1, 0.15) is 0 Å². The molecule has 0 atom stereocenters. The molecule has 0 saturated carbocycles. The molecule has 0 amide bonds. The van der Waals surface area contributed by atoms with Crippen LogP contribution in [0.5, 0.6) is 5.75 Å². The summed E-state index contributed by atoms with van der Waals surface area (Å²) in [6.07, 6.45) is 0. The lowest BCUT2D eigenvalue weighted by Gasteiger charge is -2.16. The first-order chi connectivity index (χ1) is 7.63. The fraction of sp³-hybridized carbons (Fsp3) is 0.250. The zero-order valence-electron chi connectivity index (χ0n) is 8.99. The number of rotatable bonds is 6. The van der Waals surface area contributed by atoms with Gasteiger partial charge in [-0.2, -0.15) is 4.41 Å². The maximum Gasteiger partial charge on any atom is 0.161 e. The van der Waals surface area contributed by atoms with E-state index in [-0.39, 0.29) is 0 Å². The minimum absolute atomic E-state index is 0.698. The molecule has 0 radical (unpaired) electrons. The second kappa shape index (κ2) is 6.84. The molecule has 0 aliphatic carbocycles. The Bertz CT molecular complexity index is 327. The fourth-order valence-corrected chi connectivity index (χ4v) is 1.58. The molecule has 1 aromatic carbocycles. The summed E-state index contributed by atoms with van der Waals surface area (Å²) in [4.78, 5) is 0. The summed E-state index contributed by atoms with van der Waals surface area (Å²) >= 11 is 2.08. The summed E-state index contributed by atoms with van der Waals surface area (Å²) in [5.74, 6) is 11.1. The van der Waals surface area contributed by atoms with Crippen LogP contribution in [0.4, 0.5) is 5.69 Å². The second-order valence-electron chi connectivity index (χ2n) is 2.87. The molecule has 0 aromatic heterocycles. The molecule has 0 unspecified atom stereocenters. The van der Waals surface area contributed by atoms with Crippen molar-refractivity contribution in [1.29, 1.82) is 0 Å². The molecule has 6 nitrogen and oxygen atoms in total. The molecule has 0 saturated heterocycles. The molecule has 0 aliphatic rings. The molecule has 0 fully saturated rings. The van der Waals surface area contributed by atoms with E-state index in [1.807, 2.05) is 31.3 Å². The van der Waals surface area contributed by atoms with E-state index >= 15 is 0 Å². The lowest BCUT2D eigenvalue weighted by atomic mass is 10.3. The van der Waals surface area contributed by atoms with Crippen molar-refractivity contribution in [1.82, 2.24) is 4.41 Å². The highest BCUT2D eigenvalue weighted by Gasteiger charge is 2.04. The van der Waals surface area contributed by atoms with Gasteiger partial charge in [0.05, 0.1) is 5.69 Å². The van der Waals surface area contributed by atoms with Crippen LogP contribution >= 0.6 is 24.5 Å². The van der Waals surface area contributed by atoms with Gasteiger partial charge in [0.25, 0.3) is 0 Å². The minimum Gasteiger partial charge on any atom is -0.409 e. The SMILES string of the molecule is CN(N)SOc1cccc(N(C)SON)c1. The lowest BCUT2D eigenvalue weighted by molar-refractivity contribution is 0.397. The number of hydrogen-bond donors (Lipinski definition) is 2. The number of nitrogens with two attached hydrogens (primary N) is 2. The Balaban J connectivity index is 2.63. The summed E-state index contributed by atoms with van der Waals surface area (Å²) in [5, 5.41) is 0. The van der Waals surface area contributed by atoms with Crippen LogP contribution in [-0.2, 0) is 4.28 Å². The van der Waals surface area contributed by atoms with Crippen molar-refractivity contribution in [3.8, 4) is 5.75 Å². The van der Waals surface area contributed by atoms with Crippen molar-refractivity contribution in [3.63, 3.8) is 0 Å². The maximum atomic E-state index is 5.41. The number of benzene rings is 1. The van der Waals surface area contributed by atoms with E-state index in [1.54, 1.807) is 11.4 Å². The highest BCUT2D eigenvalue weighted by atomic mass is 32.2. The van der Waals surface area contributed by atoms with Crippen LogP contribution in [0.2, 0.25) is 0 Å². The van der Waals surface area contributed by atoms with E-state index in [0.29, 0.717) is 5.75 Å². The molecule has 4 N–H and O–H groups in total. The Morgan fingerprint density at radius 1 is 1.25 bits per heavy atom. The molecule has 1 rings (SSSR count). The van der Waals surface area contributed by atoms with Crippen LogP contribution < -0.4 is 20.2 Å². The highest BCUT2D eigenvalue weighted by molar-refractivity contribution is 7.96. The standard InChI is InChI=1S/C8H14N4O2S2/c1-11(15-14-10)7-4-3-5-8(6-7)13-16-12(2)9/h3-6H,9-10H2,1-2H3. The molecular weight excluding hydrogens is 248 g/mol. The molecule has 1 aromatic rings. The molecule has 90 valence electrons. The molecule has 0 spiro atoms. The first-order valence-corrected chi connectivity index (χ1v) is 5.73. The summed E-state index contributed by atoms with van der Waals surface area (Å²) in [6, 6.07) is 7.47. The number of hydrazine groups is 1. The van der Waals surface area contributed by atoms with E-state index in [9.17, 15) is 0 Å². The van der Waals surface area contributed by atoms with Gasteiger partial charge in [-0.05, 0) is 12.1 Å². The normalized spacial score (nSPS) is 10.6. The monoisotopic (exact) mass is 262 g/mol. The van der Waals surface area contributed by atoms with Crippen LogP contribution in [0.15, 0.2) is 24.3 Å². The summed E-state index contributed by atoms with van der Waals surface area (Å²) < 4.78 is 12.9. The molecular formula is C8H14N4O2S2. The van der Waals surface area contributed by atoms with Gasteiger partial charge in [0, 0.05) is 20.2 Å². The summed E-state index contributed by atoms with van der Waals surface area (Å²) in [5.41, 5.74) is 0.910. The van der Waals surface area contributed by atoms with E-state index in [2.05, 4.69) is 4.28 Å². The molecule has 8 heteroatoms. The fourth-order valence-electron chi connectivity index (χ4n) is 0.941. The smallest absolute Gasteiger partial charge is 0.161 e. The van der Waals surface area contributed by atoms with Crippen molar-refractivity contribution in [2.24, 2.45) is 11.7 Å². The Kier molecular flexibility index (Phi) is 5.74. The third-order valence-corrected chi connectivity index (χ3v) is 2.61. The van der Waals surface area contributed by atoms with Crippen molar-refractivity contribution < 1.29 is 8.47 Å². The van der Waals surface area contributed by atoms with Crippen molar-refractivity contribution >= 4 is 30.1 Å². The van der Waals surface area contributed by atoms with Gasteiger partial charge in [-0.1, -0.05) is 6.07 Å². The zero-order chi connectivity index (χ0) is 12.0. The average Bonchev–Trinajstić information content (AvgIpc) is 2.27. The van der Waals surface area contributed by atoms with Gasteiger partial charge in [-0.25, -0.2) is 10.2 Å². The van der Waals surface area contributed by atoms with Gasteiger partial charge in [-0.3, -0.25) is 10.1 Å². The van der Waals surface area contributed by atoms with Crippen molar-refractivity contribution in [3.05, 3.63) is 24.3 Å². The zero-order valence-corrected chi connectivity index (χ0v) is 10.6. The molecule has 16 heavy (non-hydrogen) atoms. The van der Waals surface area contributed by atoms with Crippen LogP contribution in [0, 0.1) is 0 Å². The lowest BCUT2D eigenvalue weighted by Crippen LogP contribution is -2.18. The highest BCUT2D eigenvalue weighted by Crippen LogP contribution is 2.26. The van der Waals surface area contributed by atoms with E-state index in [4.69, 9.17) is 15.9 Å². The number of nitrogens with zero attached hydrogens (tertiary/aromatic N) is 2. The molecule has 0 aliphatic heterocycles. The summed E-state index contributed by atoms with van der Waals surface area (Å²) in [7, 11) is 3.53. The van der Waals surface area contributed by atoms with Crippen molar-refractivity contribution in [2.75, 3.05) is 18.4 Å². The van der Waals surface area contributed by atoms with Crippen molar-refractivity contribution in [2.45, 2.75) is 0 Å².